The molecule has 0 saturated carbocycles. The molecule has 28 heavy (non-hydrogen) atoms. The van der Waals surface area contributed by atoms with Crippen molar-refractivity contribution in [1.82, 2.24) is 9.97 Å². The number of thiazole rings is 1. The first-order valence-corrected chi connectivity index (χ1v) is 11.6. The molecule has 2 aromatic rings. The van der Waals surface area contributed by atoms with Crippen LogP contribution >= 0.6 is 27.0 Å². The summed E-state index contributed by atoms with van der Waals surface area (Å²) < 4.78 is 32.0. The first-order chi connectivity index (χ1) is 12.9. The smallest absolute Gasteiger partial charge is 0.478 e. The summed E-state index contributed by atoms with van der Waals surface area (Å²) in [6.07, 6.45) is 1.74. The lowest BCUT2D eigenvalue weighted by Crippen LogP contribution is -2.40. The fraction of sp³-hybridized carbons (Fsp3) is 0.462. The van der Waals surface area contributed by atoms with Crippen LogP contribution in [-0.2, 0) is 37.5 Å². The van der Waals surface area contributed by atoms with Gasteiger partial charge in [0.15, 0.2) is 12.2 Å². The van der Waals surface area contributed by atoms with Crippen molar-refractivity contribution in [3.63, 3.8) is 0 Å². The van der Waals surface area contributed by atoms with Gasteiger partial charge in [-0.3, -0.25) is 9.09 Å². The number of nitrogen functional groups attached to an aromatic ring is 1. The van der Waals surface area contributed by atoms with E-state index in [9.17, 15) is 24.0 Å². The third kappa shape index (κ3) is 6.38. The van der Waals surface area contributed by atoms with Crippen LogP contribution in [0.2, 0.25) is 0 Å². The van der Waals surface area contributed by atoms with Crippen LogP contribution in [-0.4, -0.2) is 31.5 Å². The van der Waals surface area contributed by atoms with E-state index in [1.54, 1.807) is 24.6 Å². The maximum atomic E-state index is 11.4. The monoisotopic (exact) mass is 454 g/mol. The van der Waals surface area contributed by atoms with Crippen molar-refractivity contribution in [3.8, 4) is 0 Å². The minimum Gasteiger partial charge on any atom is -0.756 e. The normalized spacial score (nSPS) is 15.9. The molecular weight excluding hydrogens is 434 g/mol. The van der Waals surface area contributed by atoms with Crippen LogP contribution in [0.3, 0.4) is 0 Å². The highest BCUT2D eigenvalue weighted by atomic mass is 32.1. The lowest BCUT2D eigenvalue weighted by atomic mass is 10.2. The van der Waals surface area contributed by atoms with Gasteiger partial charge in [0, 0.05) is 19.5 Å². The van der Waals surface area contributed by atoms with E-state index in [1.165, 1.54) is 11.3 Å². The number of hydrogen-bond donors (Lipinski definition) is 4. The van der Waals surface area contributed by atoms with Crippen molar-refractivity contribution >= 4 is 32.8 Å². The van der Waals surface area contributed by atoms with E-state index in [-0.39, 0.29) is 19.6 Å². The predicted octanol–water partition coefficient (Wildman–Crippen LogP) is -0.298. The molecule has 2 heterocycles. The molecule has 2 atom stereocenters. The number of hydrogen-bond acceptors (Lipinski definition) is 10. The van der Waals surface area contributed by atoms with E-state index in [2.05, 4.69) is 18.8 Å². The Balaban J connectivity index is 2.13. The number of phosphoric ester groups is 1. The molecule has 0 fully saturated rings. The van der Waals surface area contributed by atoms with Gasteiger partial charge in [0.25, 0.3) is 12.8 Å². The maximum Gasteiger partial charge on any atom is 0.478 e. The molecule has 0 bridgehead atoms. The van der Waals surface area contributed by atoms with Gasteiger partial charge in [0.05, 0.1) is 17.0 Å². The second kappa shape index (κ2) is 9.04. The maximum absolute atomic E-state index is 11.4. The zero-order valence-corrected chi connectivity index (χ0v) is 17.6. The number of nitrogens with zero attached hydrogens (tertiary/aromatic N) is 3. The zero-order chi connectivity index (χ0) is 21.1. The Morgan fingerprint density at radius 3 is 2.61 bits per heavy atom. The van der Waals surface area contributed by atoms with Gasteiger partial charge in [-0.2, -0.15) is 4.57 Å². The van der Waals surface area contributed by atoms with Gasteiger partial charge in [-0.05, 0) is 6.92 Å². The summed E-state index contributed by atoms with van der Waals surface area (Å²) in [4.78, 5) is 37.2. The predicted molar refractivity (Wildman–Crippen MR) is 95.8 cm³/mol. The van der Waals surface area contributed by atoms with E-state index in [4.69, 9.17) is 10.6 Å². The number of aliphatic hydroxyl groups is 1. The number of aliphatic hydroxyl groups excluding tert-OH is 1. The van der Waals surface area contributed by atoms with Crippen LogP contribution in [0, 0.1) is 13.8 Å². The Kier molecular flexibility index (Phi) is 7.43. The fourth-order valence-electron chi connectivity index (χ4n) is 2.38. The molecule has 5 N–H and O–H groups in total. The summed E-state index contributed by atoms with van der Waals surface area (Å²) in [6.45, 7) is 3.22. The summed E-state index contributed by atoms with van der Waals surface area (Å²) >= 11 is 1.25. The minimum absolute atomic E-state index is 0.138. The molecule has 15 heteroatoms. The zero-order valence-electron chi connectivity index (χ0n) is 15.0. The van der Waals surface area contributed by atoms with Crippen molar-refractivity contribution in [2.24, 2.45) is 0 Å². The third-order valence-electron chi connectivity index (χ3n) is 3.62. The Morgan fingerprint density at radius 1 is 1.36 bits per heavy atom. The van der Waals surface area contributed by atoms with Crippen molar-refractivity contribution in [2.75, 3.05) is 12.3 Å². The molecular formula is C13H20N4O8P2S. The Bertz CT molecular complexity index is 947. The Morgan fingerprint density at radius 2 is 2.04 bits per heavy atom. The third-order valence-corrected chi connectivity index (χ3v) is 7.11. The Hall–Kier alpha value is -1.27. The number of rotatable bonds is 9. The standard InChI is InChI=1S/C13H20N4O8P2S/c1-8-11(3-4-24-27(22,23)25-26(19,20)21)28-12(7-18)17(8)6-10-5-15-9(2)16-13(10)14/h5,18H,3-4,6-7H2,1-2H3,(H4-,14,15,16,19,20,21,22,23). The van der Waals surface area contributed by atoms with E-state index in [1.807, 2.05) is 0 Å². The van der Waals surface area contributed by atoms with Crippen molar-refractivity contribution < 1.29 is 42.3 Å². The lowest BCUT2D eigenvalue weighted by molar-refractivity contribution is -0.698. The van der Waals surface area contributed by atoms with Gasteiger partial charge in [-0.15, -0.1) is 0 Å². The molecule has 156 valence electrons. The van der Waals surface area contributed by atoms with E-state index in [0.29, 0.717) is 28.8 Å². The van der Waals surface area contributed by atoms with E-state index >= 15 is 0 Å². The molecule has 2 rings (SSSR count). The van der Waals surface area contributed by atoms with Gasteiger partial charge in [-0.1, -0.05) is 11.3 Å². The van der Waals surface area contributed by atoms with Crippen molar-refractivity contribution in [2.45, 2.75) is 33.4 Å². The van der Waals surface area contributed by atoms with Crippen LogP contribution in [0.15, 0.2) is 6.20 Å². The molecule has 0 saturated heterocycles. The average molecular weight is 454 g/mol. The topological polar surface area (TPSA) is 192 Å². The molecule has 12 nitrogen and oxygen atoms in total. The van der Waals surface area contributed by atoms with E-state index in [0.717, 1.165) is 10.6 Å². The summed E-state index contributed by atoms with van der Waals surface area (Å²) in [6, 6.07) is 0. The van der Waals surface area contributed by atoms with Crippen LogP contribution in [0.25, 0.3) is 0 Å². The molecule has 0 aliphatic carbocycles. The van der Waals surface area contributed by atoms with Crippen LogP contribution < -0.4 is 15.2 Å². The van der Waals surface area contributed by atoms with Gasteiger partial charge in [0.2, 0.25) is 0 Å². The van der Waals surface area contributed by atoms with Gasteiger partial charge >= 0.3 is 7.82 Å². The second-order valence-electron chi connectivity index (χ2n) is 5.68. The van der Waals surface area contributed by atoms with Gasteiger partial charge < -0.3 is 25.5 Å². The Labute approximate surface area is 164 Å². The summed E-state index contributed by atoms with van der Waals surface area (Å²) in [5.41, 5.74) is 7.33. The summed E-state index contributed by atoms with van der Waals surface area (Å²) in [5, 5.41) is 10.2. The van der Waals surface area contributed by atoms with Crippen LogP contribution in [0.1, 0.15) is 27.0 Å². The molecule has 2 unspecified atom stereocenters. The molecule has 0 aliphatic heterocycles. The number of aromatic nitrogens is 3. The van der Waals surface area contributed by atoms with Crippen LogP contribution in [0.4, 0.5) is 5.82 Å². The quantitative estimate of drug-likeness (QED) is 0.287. The highest BCUT2D eigenvalue weighted by Crippen LogP contribution is 2.55. The molecule has 0 amide bonds. The molecule has 2 aromatic heterocycles. The van der Waals surface area contributed by atoms with Crippen LogP contribution in [0.5, 0.6) is 0 Å². The number of phosphoric acid groups is 2. The van der Waals surface area contributed by atoms with Crippen molar-refractivity contribution in [3.05, 3.63) is 33.2 Å². The average Bonchev–Trinajstić information content (AvgIpc) is 2.83. The minimum atomic E-state index is -5.41. The number of anilines is 1. The van der Waals surface area contributed by atoms with Gasteiger partial charge in [0.1, 0.15) is 18.2 Å². The summed E-state index contributed by atoms with van der Waals surface area (Å²) in [5.74, 6) is 0.860. The number of aryl methyl sites for hydroxylation is 1. The molecule has 0 aliphatic rings. The molecule has 0 spiro atoms. The molecule has 0 aromatic carbocycles. The highest BCUT2D eigenvalue weighted by Gasteiger charge is 2.28. The van der Waals surface area contributed by atoms with Crippen molar-refractivity contribution in [1.29, 1.82) is 0 Å². The first kappa shape index (κ1) is 23.0. The number of nitrogens with two attached hydrogens (primary N) is 1. The van der Waals surface area contributed by atoms with E-state index < -0.39 is 15.6 Å². The summed E-state index contributed by atoms with van der Waals surface area (Å²) in [7, 11) is -10.4. The lowest BCUT2D eigenvalue weighted by Gasteiger charge is -2.18. The molecule has 0 radical (unpaired) electrons. The second-order valence-corrected chi connectivity index (χ2v) is 9.63. The highest BCUT2D eigenvalue weighted by molar-refractivity contribution is 7.60. The van der Waals surface area contributed by atoms with Gasteiger partial charge in [-0.25, -0.2) is 18.8 Å². The first-order valence-electron chi connectivity index (χ1n) is 7.84. The fourth-order valence-corrected chi connectivity index (χ4v) is 5.03. The SMILES string of the molecule is Cc1ncc(C[n+]2c(CO)sc(CCOP(=O)(O)OP(=O)([O-])O)c2C)c(N)n1. The largest absolute Gasteiger partial charge is 0.756 e.